The summed E-state index contributed by atoms with van der Waals surface area (Å²) >= 11 is 0. The molecule has 3 rings (SSSR count). The highest BCUT2D eigenvalue weighted by molar-refractivity contribution is 5.83. The van der Waals surface area contributed by atoms with Crippen molar-refractivity contribution < 1.29 is 5.11 Å². The van der Waals surface area contributed by atoms with E-state index in [9.17, 15) is 5.11 Å². The third kappa shape index (κ3) is 2.97. The molecule has 0 unspecified atom stereocenters. The molecule has 2 aromatic rings. The summed E-state index contributed by atoms with van der Waals surface area (Å²) in [6.45, 7) is 4.67. The molecule has 0 aromatic heterocycles. The van der Waals surface area contributed by atoms with Gasteiger partial charge in [0.25, 0.3) is 0 Å². The van der Waals surface area contributed by atoms with Crippen molar-refractivity contribution in [2.24, 2.45) is 0 Å². The van der Waals surface area contributed by atoms with Gasteiger partial charge in [-0.15, -0.1) is 6.42 Å². The largest absolute Gasteiger partial charge is 0.396 e. The molecule has 0 saturated heterocycles. The summed E-state index contributed by atoms with van der Waals surface area (Å²) in [5.74, 6) is 2.88. The van der Waals surface area contributed by atoms with Gasteiger partial charge in [0.2, 0.25) is 0 Å². The van der Waals surface area contributed by atoms with Crippen LogP contribution in [0.5, 0.6) is 0 Å². The Balaban J connectivity index is 2.32. The number of fused-ring (bicyclic) bond motifs is 3. The summed E-state index contributed by atoms with van der Waals surface area (Å²) in [6.07, 6.45) is 13.6. The molecule has 0 saturated carbocycles. The predicted octanol–water partition coefficient (Wildman–Crippen LogP) is 5.85. The van der Waals surface area contributed by atoms with Crippen LogP contribution in [0.2, 0.25) is 0 Å². The average Bonchev–Trinajstić information content (AvgIpc) is 2.96. The zero-order valence-electron chi connectivity index (χ0n) is 16.1. The second-order valence-corrected chi connectivity index (χ2v) is 7.47. The van der Waals surface area contributed by atoms with E-state index in [-0.39, 0.29) is 12.0 Å². The first-order valence-electron chi connectivity index (χ1n) is 10.1. The first-order chi connectivity index (χ1) is 12.7. The summed E-state index contributed by atoms with van der Waals surface area (Å²) < 4.78 is 0. The highest BCUT2D eigenvalue weighted by atomic mass is 16.2. The minimum absolute atomic E-state index is 0.0370. The van der Waals surface area contributed by atoms with Gasteiger partial charge in [-0.1, -0.05) is 75.8 Å². The van der Waals surface area contributed by atoms with Gasteiger partial charge in [0.1, 0.15) is 0 Å². The van der Waals surface area contributed by atoms with Crippen molar-refractivity contribution in [3.8, 4) is 23.5 Å². The molecule has 1 N–H and O–H groups in total. The lowest BCUT2D eigenvalue weighted by Crippen LogP contribution is -2.27. The van der Waals surface area contributed by atoms with Crippen molar-refractivity contribution in [3.05, 3.63) is 58.7 Å². The Kier molecular flexibility index (Phi) is 5.84. The fraction of sp³-hybridized carbons (Fsp3) is 0.440. The first-order valence-corrected chi connectivity index (χ1v) is 10.1. The van der Waals surface area contributed by atoms with Crippen molar-refractivity contribution in [1.29, 1.82) is 0 Å². The van der Waals surface area contributed by atoms with Gasteiger partial charge in [-0.3, -0.25) is 0 Å². The van der Waals surface area contributed by atoms with Crippen molar-refractivity contribution >= 4 is 0 Å². The van der Waals surface area contributed by atoms with Crippen molar-refractivity contribution in [1.82, 2.24) is 0 Å². The second kappa shape index (κ2) is 8.11. The fourth-order valence-electron chi connectivity index (χ4n) is 4.80. The van der Waals surface area contributed by atoms with Crippen molar-refractivity contribution in [3.63, 3.8) is 0 Å². The van der Waals surface area contributed by atoms with Gasteiger partial charge in [-0.2, -0.15) is 0 Å². The molecule has 0 heterocycles. The molecule has 1 aliphatic rings. The monoisotopic (exact) mass is 346 g/mol. The molecule has 26 heavy (non-hydrogen) atoms. The molecule has 0 bridgehead atoms. The van der Waals surface area contributed by atoms with E-state index in [1.807, 2.05) is 0 Å². The van der Waals surface area contributed by atoms with E-state index in [1.165, 1.54) is 53.5 Å². The first kappa shape index (κ1) is 18.7. The number of unbranched alkanes of at least 4 members (excludes halogenated alkanes) is 2. The van der Waals surface area contributed by atoms with Crippen LogP contribution in [-0.4, -0.2) is 11.7 Å². The summed E-state index contributed by atoms with van der Waals surface area (Å²) in [4.78, 5) is 0. The Labute approximate surface area is 158 Å². The molecule has 0 fully saturated rings. The number of hydrogen-bond donors (Lipinski definition) is 1. The van der Waals surface area contributed by atoms with Gasteiger partial charge in [-0.25, -0.2) is 0 Å². The van der Waals surface area contributed by atoms with Crippen LogP contribution in [0.25, 0.3) is 11.1 Å². The normalized spacial score (nSPS) is 13.9. The number of hydrogen-bond acceptors (Lipinski definition) is 1. The molecular weight excluding hydrogens is 316 g/mol. The van der Waals surface area contributed by atoms with E-state index in [2.05, 4.69) is 56.2 Å². The van der Waals surface area contributed by atoms with E-state index < -0.39 is 0 Å². The molecule has 1 aliphatic carbocycles. The third-order valence-corrected chi connectivity index (χ3v) is 5.96. The highest BCUT2D eigenvalue weighted by Gasteiger charge is 2.43. The molecular formula is C25H30O. The lowest BCUT2D eigenvalue weighted by Gasteiger charge is -2.34. The standard InChI is InChI=1S/C25H30O/c1-4-7-16-25(17-8-5-2)23-12-10-9-11-21(23)22-14-13-19(6-3)20(15-18-26)24(22)25/h3,9-14,26H,4-5,7-8,15-18H2,1-2H3. The molecule has 136 valence electrons. The molecule has 1 nitrogen and oxygen atoms in total. The lowest BCUT2D eigenvalue weighted by atomic mass is 9.69. The Bertz CT molecular complexity index is 801. The van der Waals surface area contributed by atoms with Gasteiger partial charge in [0, 0.05) is 17.6 Å². The number of aliphatic hydroxyl groups is 1. The summed E-state index contributed by atoms with van der Waals surface area (Å²) in [6, 6.07) is 13.2. The van der Waals surface area contributed by atoms with E-state index in [0.29, 0.717) is 6.42 Å². The summed E-state index contributed by atoms with van der Waals surface area (Å²) in [7, 11) is 0. The van der Waals surface area contributed by atoms with E-state index in [1.54, 1.807) is 0 Å². The minimum atomic E-state index is 0.0370. The predicted molar refractivity (Wildman–Crippen MR) is 110 cm³/mol. The highest BCUT2D eigenvalue weighted by Crippen LogP contribution is 2.55. The zero-order chi connectivity index (χ0) is 18.6. The van der Waals surface area contributed by atoms with Gasteiger partial charge >= 0.3 is 0 Å². The number of terminal acetylenes is 1. The lowest BCUT2D eigenvalue weighted by molar-refractivity contribution is 0.298. The van der Waals surface area contributed by atoms with Crippen molar-refractivity contribution in [2.75, 3.05) is 6.61 Å². The quantitative estimate of drug-likeness (QED) is 0.594. The Morgan fingerprint density at radius 2 is 1.65 bits per heavy atom. The number of aliphatic hydroxyl groups excluding tert-OH is 1. The summed E-state index contributed by atoms with van der Waals surface area (Å²) in [5, 5.41) is 9.74. The van der Waals surface area contributed by atoms with Gasteiger partial charge in [-0.05, 0) is 53.1 Å². The van der Waals surface area contributed by atoms with Crippen LogP contribution in [-0.2, 0) is 11.8 Å². The molecule has 0 amide bonds. The molecule has 0 aliphatic heterocycles. The average molecular weight is 347 g/mol. The van der Waals surface area contributed by atoms with Crippen molar-refractivity contribution in [2.45, 2.75) is 64.2 Å². The number of benzene rings is 2. The Morgan fingerprint density at radius 1 is 0.962 bits per heavy atom. The Hall–Kier alpha value is -2.04. The topological polar surface area (TPSA) is 20.2 Å². The van der Waals surface area contributed by atoms with Gasteiger partial charge < -0.3 is 5.11 Å². The van der Waals surface area contributed by atoms with Crippen LogP contribution < -0.4 is 0 Å². The number of rotatable bonds is 8. The molecule has 0 spiro atoms. The molecule has 0 radical (unpaired) electrons. The maximum Gasteiger partial charge on any atom is 0.0472 e. The fourth-order valence-corrected chi connectivity index (χ4v) is 4.80. The SMILES string of the molecule is C#Cc1ccc2c(c1CCO)C(CCCC)(CCCC)c1ccccc1-2. The molecule has 0 atom stereocenters. The van der Waals surface area contributed by atoms with Gasteiger partial charge in [0.05, 0.1) is 0 Å². The van der Waals surface area contributed by atoms with Crippen LogP contribution in [0.4, 0.5) is 0 Å². The van der Waals surface area contributed by atoms with Gasteiger partial charge in [0.15, 0.2) is 0 Å². The van der Waals surface area contributed by atoms with Crippen LogP contribution in [0.3, 0.4) is 0 Å². The van der Waals surface area contributed by atoms with Crippen LogP contribution in [0.1, 0.15) is 74.6 Å². The maximum atomic E-state index is 9.74. The van der Waals surface area contributed by atoms with E-state index in [4.69, 9.17) is 6.42 Å². The minimum Gasteiger partial charge on any atom is -0.396 e. The summed E-state index contributed by atoms with van der Waals surface area (Å²) in [5.41, 5.74) is 7.73. The smallest absolute Gasteiger partial charge is 0.0472 e. The van der Waals surface area contributed by atoms with Crippen LogP contribution >= 0.6 is 0 Å². The third-order valence-electron chi connectivity index (χ3n) is 5.96. The second-order valence-electron chi connectivity index (χ2n) is 7.47. The van der Waals surface area contributed by atoms with Crippen LogP contribution in [0.15, 0.2) is 36.4 Å². The maximum absolute atomic E-state index is 9.74. The molecule has 1 heteroatoms. The van der Waals surface area contributed by atoms with E-state index in [0.717, 1.165) is 18.4 Å². The molecule has 2 aromatic carbocycles. The van der Waals surface area contributed by atoms with Crippen LogP contribution in [0, 0.1) is 12.3 Å². The Morgan fingerprint density at radius 3 is 2.27 bits per heavy atom. The van der Waals surface area contributed by atoms with E-state index >= 15 is 0 Å². The zero-order valence-corrected chi connectivity index (χ0v) is 16.1.